The molecule has 0 aliphatic heterocycles. The Morgan fingerprint density at radius 1 is 0.297 bits per heavy atom. The molecule has 0 bridgehead atoms. The zero-order valence-corrected chi connectivity index (χ0v) is 41.0. The summed E-state index contributed by atoms with van der Waals surface area (Å²) in [6, 6.07) is 92.9. The maximum atomic E-state index is 6.63. The van der Waals surface area contributed by atoms with Crippen molar-refractivity contribution in [1.29, 1.82) is 0 Å². The number of anilines is 6. The molecule has 0 radical (unpaired) electrons. The number of benzene rings is 11. The van der Waals surface area contributed by atoms with Gasteiger partial charge in [0, 0.05) is 56.1 Å². The van der Waals surface area contributed by atoms with E-state index in [1.807, 2.05) is 12.1 Å². The van der Waals surface area contributed by atoms with Gasteiger partial charge in [-0.3, -0.25) is 0 Å². The average Bonchev–Trinajstić information content (AvgIpc) is 4.17. The number of hydrogen-bond donors (Lipinski definition) is 0. The van der Waals surface area contributed by atoms with Gasteiger partial charge in [-0.25, -0.2) is 0 Å². The van der Waals surface area contributed by atoms with Crippen LogP contribution in [0.3, 0.4) is 0 Å². The van der Waals surface area contributed by atoms with Gasteiger partial charge in [-0.2, -0.15) is 0 Å². The first kappa shape index (κ1) is 42.3. The standard InChI is InChI=1S/C70H48N2O2/c1-69(2)59-29-13-9-25-52(59)57-42-49(36-39-60(57)69)71(51-35-38-55-54-27-11-15-32-64(54)74-67(55)44-51)47-23-17-24-48(41-47)72(63-31-18-34-66-68(63)56-28-12-16-33-65(56)73-66)50-37-40-62-58(43-50)53-26-10-14-30-61(53)70(62,45-19-5-3-6-20-45)46-21-7-4-8-22-46/h3-44H,1-2H3. The minimum atomic E-state index is -0.522. The van der Waals surface area contributed by atoms with Gasteiger partial charge in [0.1, 0.15) is 22.3 Å². The van der Waals surface area contributed by atoms with Crippen molar-refractivity contribution in [2.24, 2.45) is 0 Å². The molecule has 2 aliphatic rings. The van der Waals surface area contributed by atoms with Crippen LogP contribution in [0.2, 0.25) is 0 Å². The number of fused-ring (bicyclic) bond motifs is 12. The van der Waals surface area contributed by atoms with Gasteiger partial charge in [0.05, 0.1) is 16.5 Å². The number of nitrogens with zero attached hydrogens (tertiary/aromatic N) is 2. The summed E-state index contributed by atoms with van der Waals surface area (Å²) in [5.74, 6) is 0. The van der Waals surface area contributed by atoms with Gasteiger partial charge in [-0.05, 0) is 134 Å². The first-order valence-electron chi connectivity index (χ1n) is 25.6. The second-order valence-electron chi connectivity index (χ2n) is 20.4. The SMILES string of the molecule is CC1(C)c2ccccc2-c2cc(N(c3cccc(N(c4ccc5c(c4)-c4ccccc4C5(c4ccccc4)c4ccccc4)c4cccc5oc6ccccc6c45)c3)c3ccc4c(c3)oc3ccccc34)ccc21. The second-order valence-corrected chi connectivity index (χ2v) is 20.4. The lowest BCUT2D eigenvalue weighted by atomic mass is 9.68. The molecule has 2 aromatic heterocycles. The van der Waals surface area contributed by atoms with Gasteiger partial charge in [0.25, 0.3) is 0 Å². The average molecular weight is 949 g/mol. The number of furan rings is 2. The maximum Gasteiger partial charge on any atom is 0.137 e. The Morgan fingerprint density at radius 2 is 0.757 bits per heavy atom. The Kier molecular flexibility index (Phi) is 9.19. The molecule has 0 spiro atoms. The third kappa shape index (κ3) is 6.09. The van der Waals surface area contributed by atoms with Crippen molar-refractivity contribution in [3.63, 3.8) is 0 Å². The molecule has 0 unspecified atom stereocenters. The molecule has 4 heteroatoms. The lowest BCUT2D eigenvalue weighted by Gasteiger charge is -2.34. The molecular formula is C70H48N2O2. The van der Waals surface area contributed by atoms with Crippen LogP contribution in [0, 0.1) is 0 Å². The van der Waals surface area contributed by atoms with Gasteiger partial charge in [0.2, 0.25) is 0 Å². The lowest BCUT2D eigenvalue weighted by molar-refractivity contribution is 0.660. The van der Waals surface area contributed by atoms with E-state index in [-0.39, 0.29) is 5.41 Å². The third-order valence-electron chi connectivity index (χ3n) is 16.1. The van der Waals surface area contributed by atoms with Crippen molar-refractivity contribution >= 4 is 78.0 Å². The van der Waals surface area contributed by atoms with Crippen LogP contribution < -0.4 is 9.80 Å². The molecule has 13 aromatic rings. The van der Waals surface area contributed by atoms with Crippen molar-refractivity contribution in [2.45, 2.75) is 24.7 Å². The van der Waals surface area contributed by atoms with E-state index in [1.54, 1.807) is 0 Å². The number of para-hydroxylation sites is 2. The predicted octanol–water partition coefficient (Wildman–Crippen LogP) is 19.1. The summed E-state index contributed by atoms with van der Waals surface area (Å²) in [7, 11) is 0. The van der Waals surface area contributed by atoms with Gasteiger partial charge in [-0.15, -0.1) is 0 Å². The molecule has 0 fully saturated rings. The first-order chi connectivity index (χ1) is 36.4. The molecule has 0 amide bonds. The zero-order valence-electron chi connectivity index (χ0n) is 41.0. The van der Waals surface area contributed by atoms with Crippen LogP contribution in [-0.4, -0.2) is 0 Å². The largest absolute Gasteiger partial charge is 0.456 e. The van der Waals surface area contributed by atoms with E-state index in [0.717, 1.165) is 78.0 Å². The second kappa shape index (κ2) is 16.1. The highest BCUT2D eigenvalue weighted by Crippen LogP contribution is 2.58. The van der Waals surface area contributed by atoms with Crippen LogP contribution in [0.1, 0.15) is 47.2 Å². The summed E-state index contributed by atoms with van der Waals surface area (Å²) in [5, 5.41) is 4.33. The van der Waals surface area contributed by atoms with E-state index < -0.39 is 5.41 Å². The molecule has 4 nitrogen and oxygen atoms in total. The molecule has 2 heterocycles. The molecule has 74 heavy (non-hydrogen) atoms. The van der Waals surface area contributed by atoms with Crippen molar-refractivity contribution in [3.05, 3.63) is 288 Å². The minimum Gasteiger partial charge on any atom is -0.456 e. The molecule has 0 saturated heterocycles. The van der Waals surface area contributed by atoms with Crippen molar-refractivity contribution in [3.8, 4) is 22.3 Å². The van der Waals surface area contributed by atoms with E-state index in [1.165, 1.54) is 55.6 Å². The molecular weight excluding hydrogens is 901 g/mol. The molecule has 0 saturated carbocycles. The Balaban J connectivity index is 0.971. The van der Waals surface area contributed by atoms with Gasteiger partial charge >= 0.3 is 0 Å². The molecule has 15 rings (SSSR count). The summed E-state index contributed by atoms with van der Waals surface area (Å²) < 4.78 is 13.2. The smallest absolute Gasteiger partial charge is 0.137 e. The quantitative estimate of drug-likeness (QED) is 0.152. The van der Waals surface area contributed by atoms with Crippen LogP contribution in [-0.2, 0) is 10.8 Å². The molecule has 2 aliphatic carbocycles. The molecule has 0 N–H and O–H groups in total. The predicted molar refractivity (Wildman–Crippen MR) is 305 cm³/mol. The minimum absolute atomic E-state index is 0.126. The van der Waals surface area contributed by atoms with Crippen molar-refractivity contribution < 1.29 is 8.83 Å². The topological polar surface area (TPSA) is 32.8 Å². The Bertz CT molecular complexity index is 4330. The fourth-order valence-electron chi connectivity index (χ4n) is 12.9. The monoisotopic (exact) mass is 948 g/mol. The Hall–Kier alpha value is -9.38. The van der Waals surface area contributed by atoms with E-state index in [2.05, 4.69) is 266 Å². The summed E-state index contributed by atoms with van der Waals surface area (Å²) in [6.45, 7) is 4.68. The summed E-state index contributed by atoms with van der Waals surface area (Å²) in [5.41, 5.74) is 21.6. The molecule has 0 atom stereocenters. The summed E-state index contributed by atoms with van der Waals surface area (Å²) >= 11 is 0. The lowest BCUT2D eigenvalue weighted by Crippen LogP contribution is -2.28. The van der Waals surface area contributed by atoms with Gasteiger partial charge in [0.15, 0.2) is 0 Å². The highest BCUT2D eigenvalue weighted by atomic mass is 16.3. The van der Waals surface area contributed by atoms with E-state index in [9.17, 15) is 0 Å². The number of rotatable bonds is 8. The first-order valence-corrected chi connectivity index (χ1v) is 25.6. The van der Waals surface area contributed by atoms with Crippen LogP contribution in [0.4, 0.5) is 34.1 Å². The molecule has 11 aromatic carbocycles. The maximum absolute atomic E-state index is 6.63. The van der Waals surface area contributed by atoms with Crippen LogP contribution in [0.25, 0.3) is 66.1 Å². The normalized spacial score (nSPS) is 13.8. The van der Waals surface area contributed by atoms with Crippen molar-refractivity contribution in [1.82, 2.24) is 0 Å². The van der Waals surface area contributed by atoms with Gasteiger partial charge < -0.3 is 18.6 Å². The molecule has 350 valence electrons. The third-order valence-corrected chi connectivity index (χ3v) is 16.1. The van der Waals surface area contributed by atoms with Gasteiger partial charge in [-0.1, -0.05) is 184 Å². The van der Waals surface area contributed by atoms with Crippen LogP contribution in [0.5, 0.6) is 0 Å². The Morgan fingerprint density at radius 3 is 1.50 bits per heavy atom. The highest BCUT2D eigenvalue weighted by Gasteiger charge is 2.46. The van der Waals surface area contributed by atoms with E-state index in [0.29, 0.717) is 0 Å². The van der Waals surface area contributed by atoms with Crippen molar-refractivity contribution in [2.75, 3.05) is 9.80 Å². The zero-order chi connectivity index (χ0) is 49.1. The Labute approximate surface area is 429 Å². The summed E-state index contributed by atoms with van der Waals surface area (Å²) in [4.78, 5) is 4.83. The number of hydrogen-bond acceptors (Lipinski definition) is 4. The van der Waals surface area contributed by atoms with E-state index in [4.69, 9.17) is 8.83 Å². The fourth-order valence-corrected chi connectivity index (χ4v) is 12.9. The highest BCUT2D eigenvalue weighted by molar-refractivity contribution is 6.14. The fraction of sp³-hybridized carbons (Fsp3) is 0.0571. The van der Waals surface area contributed by atoms with Crippen LogP contribution in [0.15, 0.2) is 264 Å². The summed E-state index contributed by atoms with van der Waals surface area (Å²) in [6.07, 6.45) is 0. The van der Waals surface area contributed by atoms with E-state index >= 15 is 0 Å². The van der Waals surface area contributed by atoms with Crippen LogP contribution >= 0.6 is 0 Å².